The minimum absolute atomic E-state index is 0.000883. The van der Waals surface area contributed by atoms with E-state index in [-0.39, 0.29) is 46.9 Å². The molecule has 0 spiro atoms. The Morgan fingerprint density at radius 1 is 0.952 bits per heavy atom. The number of imide groups is 1. The number of hydrogen-bond donors (Lipinski definition) is 0. The first-order valence-corrected chi connectivity index (χ1v) is 22.7. The molecule has 0 saturated carbocycles. The Bertz CT molecular complexity index is 2110. The minimum Gasteiger partial charge on any atom is -0.489 e. The Morgan fingerprint density at radius 2 is 1.63 bits per heavy atom. The van der Waals surface area contributed by atoms with Gasteiger partial charge in [-0.15, -0.1) is 11.6 Å². The first kappa shape index (κ1) is 51.2. The molecule has 2 heterocycles. The van der Waals surface area contributed by atoms with Crippen LogP contribution in [0.15, 0.2) is 65.7 Å². The number of fused-ring (bicyclic) bond motifs is 1. The van der Waals surface area contributed by atoms with E-state index in [9.17, 15) is 28.4 Å². The molecule has 3 aliphatic rings. The number of alkyl halides is 3. The Balaban J connectivity index is 0.000000221. The number of benzene rings is 3. The van der Waals surface area contributed by atoms with Crippen LogP contribution in [0, 0.1) is 12.7 Å². The van der Waals surface area contributed by atoms with Crippen LogP contribution in [-0.4, -0.2) is 79.5 Å². The van der Waals surface area contributed by atoms with E-state index >= 15 is 0 Å². The molecule has 2 aliphatic heterocycles. The number of esters is 1. The molecule has 1 aliphatic carbocycles. The number of aryl methyl sites for hydroxylation is 2. The lowest BCUT2D eigenvalue weighted by Gasteiger charge is -2.35. The number of nitrogens with zero attached hydrogens (tertiary/aromatic N) is 3. The first-order chi connectivity index (χ1) is 30.2. The Kier molecular flexibility index (Phi) is 20.5. The first-order valence-electron chi connectivity index (χ1n) is 20.9. The smallest absolute Gasteiger partial charge is 0.344 e. The standard InChI is InChI=1S/C21H23ClFNO5.C14H20ClNO2.C11H11Cl2NO2/c1-2-3-6-9-28-19(25)12-29-18-11-17(16(23)10-15(18)22)24-20(26)13-7-4-5-8-14(13)21(24)27;1-4-12-8-6-7-11(3)14(12)16(10-18-5-2)13(17)9-15;1-7-6-16-9-5-3-2-4-8(9)14(7)11(15)10(12)13/h10-11H,2-9,12H2,1H3;6-8H,4-5,9-10H2,1-3H3;2-5,7,10H,6H2,1H3. The van der Waals surface area contributed by atoms with Gasteiger partial charge in [0.25, 0.3) is 17.7 Å². The van der Waals surface area contributed by atoms with Crippen molar-refractivity contribution in [3.63, 3.8) is 0 Å². The quantitative estimate of drug-likeness (QED) is 0.0480. The molecule has 3 aromatic rings. The maximum absolute atomic E-state index is 14.5. The second-order valence-corrected chi connectivity index (χ2v) is 16.5. The highest BCUT2D eigenvalue weighted by Gasteiger charge is 2.41. The summed E-state index contributed by atoms with van der Waals surface area (Å²) in [6.45, 7) is 11.1. The summed E-state index contributed by atoms with van der Waals surface area (Å²) in [5.74, 6) is -2.20. The highest BCUT2D eigenvalue weighted by molar-refractivity contribution is 6.54. The lowest BCUT2D eigenvalue weighted by molar-refractivity contribution is -0.146. The molecule has 342 valence electrons. The van der Waals surface area contributed by atoms with E-state index in [1.165, 1.54) is 6.07 Å². The van der Waals surface area contributed by atoms with Gasteiger partial charge in [-0.1, -0.05) is 91.8 Å². The van der Waals surface area contributed by atoms with Gasteiger partial charge in [-0.2, -0.15) is 0 Å². The van der Waals surface area contributed by atoms with Crippen molar-refractivity contribution in [1.82, 2.24) is 0 Å². The largest absolute Gasteiger partial charge is 0.489 e. The number of hydrogen-bond acceptors (Lipinski definition) is 9. The van der Waals surface area contributed by atoms with Crippen LogP contribution in [0.3, 0.4) is 0 Å². The van der Waals surface area contributed by atoms with Crippen LogP contribution in [0.25, 0.3) is 0 Å². The third-order valence-corrected chi connectivity index (χ3v) is 11.2. The molecule has 0 N–H and O–H groups in total. The van der Waals surface area contributed by atoms with Crippen molar-refractivity contribution in [2.45, 2.75) is 96.9 Å². The van der Waals surface area contributed by atoms with E-state index in [1.54, 1.807) is 9.80 Å². The highest BCUT2D eigenvalue weighted by atomic mass is 35.5. The van der Waals surface area contributed by atoms with Gasteiger partial charge in [0.05, 0.1) is 34.7 Å². The summed E-state index contributed by atoms with van der Waals surface area (Å²) >= 11 is 22.9. The molecule has 0 radical (unpaired) electrons. The highest BCUT2D eigenvalue weighted by Crippen LogP contribution is 2.40. The molecule has 6 rings (SSSR count). The molecule has 3 aromatic carbocycles. The van der Waals surface area contributed by atoms with Crippen molar-refractivity contribution >= 4 is 93.1 Å². The number of carbonyl (C=O) groups is 5. The third kappa shape index (κ3) is 13.3. The summed E-state index contributed by atoms with van der Waals surface area (Å²) in [4.78, 5) is 64.0. The van der Waals surface area contributed by atoms with Crippen LogP contribution in [0.5, 0.6) is 11.5 Å². The minimum atomic E-state index is -1.05. The second kappa shape index (κ2) is 25.2. The fourth-order valence-electron chi connectivity index (χ4n) is 7.12. The van der Waals surface area contributed by atoms with Gasteiger partial charge in [0.1, 0.15) is 36.5 Å². The number of anilines is 3. The van der Waals surface area contributed by atoms with Gasteiger partial charge in [0, 0.05) is 23.8 Å². The van der Waals surface area contributed by atoms with Crippen molar-refractivity contribution < 1.29 is 47.3 Å². The van der Waals surface area contributed by atoms with Crippen molar-refractivity contribution in [1.29, 1.82) is 0 Å². The van der Waals surface area contributed by atoms with Gasteiger partial charge >= 0.3 is 5.97 Å². The lowest BCUT2D eigenvalue weighted by Crippen LogP contribution is -2.47. The molecule has 0 fully saturated rings. The van der Waals surface area contributed by atoms with Crippen molar-refractivity contribution in [2.75, 3.05) is 53.7 Å². The average Bonchev–Trinajstić information content (AvgIpc) is 3.53. The van der Waals surface area contributed by atoms with Gasteiger partial charge in [-0.05, 0) is 88.6 Å². The van der Waals surface area contributed by atoms with E-state index in [4.69, 9.17) is 65.4 Å². The summed E-state index contributed by atoms with van der Waals surface area (Å²) in [7, 11) is 0. The molecule has 1 atom stereocenters. The van der Waals surface area contributed by atoms with E-state index in [0.29, 0.717) is 49.6 Å². The van der Waals surface area contributed by atoms with Crippen molar-refractivity contribution in [3.05, 3.63) is 87.7 Å². The van der Waals surface area contributed by atoms with Crippen LogP contribution in [0.1, 0.15) is 83.8 Å². The third-order valence-electron chi connectivity index (χ3n) is 10.3. The number of ether oxygens (including phenoxy) is 4. The fraction of sp³-hybridized carbons (Fsp3) is 0.457. The van der Waals surface area contributed by atoms with Crippen LogP contribution < -0.4 is 24.2 Å². The number of carbonyl (C=O) groups excluding carboxylic acids is 5. The molecule has 0 saturated heterocycles. The zero-order valence-corrected chi connectivity index (χ0v) is 39.2. The number of para-hydroxylation sites is 3. The Labute approximate surface area is 388 Å². The average molecular weight is 954 g/mol. The molecular formula is C46H54Cl4FN3O9. The van der Waals surface area contributed by atoms with E-state index < -0.39 is 35.0 Å². The predicted octanol–water partition coefficient (Wildman–Crippen LogP) is 10.1. The zero-order valence-electron chi connectivity index (χ0n) is 36.2. The van der Waals surface area contributed by atoms with Gasteiger partial charge in [-0.3, -0.25) is 24.1 Å². The number of rotatable bonds is 15. The summed E-state index contributed by atoms with van der Waals surface area (Å²) in [6, 6.07) is 15.4. The topological polar surface area (TPSA) is 132 Å². The Hall–Kier alpha value is -4.40. The van der Waals surface area contributed by atoms with Crippen LogP contribution >= 0.6 is 46.4 Å². The van der Waals surface area contributed by atoms with E-state index in [1.807, 2.05) is 70.2 Å². The molecule has 4 amide bonds. The van der Waals surface area contributed by atoms with Gasteiger partial charge < -0.3 is 23.8 Å². The second-order valence-electron chi connectivity index (χ2n) is 14.7. The Morgan fingerprint density at radius 3 is 2.25 bits per heavy atom. The van der Waals surface area contributed by atoms with Gasteiger partial charge in [0.2, 0.25) is 5.91 Å². The zero-order chi connectivity index (χ0) is 46.2. The maximum atomic E-state index is 14.5. The summed E-state index contributed by atoms with van der Waals surface area (Å²) < 4.78 is 35.9. The molecule has 0 aromatic heterocycles. The number of halogens is 5. The fourth-order valence-corrected chi connectivity index (χ4v) is 7.68. The van der Waals surface area contributed by atoms with E-state index in [0.717, 1.165) is 72.0 Å². The molecule has 12 nitrogen and oxygen atoms in total. The summed E-state index contributed by atoms with van der Waals surface area (Å²) in [5.41, 5.74) is 4.52. The van der Waals surface area contributed by atoms with Gasteiger partial charge in [0.15, 0.2) is 11.4 Å². The van der Waals surface area contributed by atoms with Crippen molar-refractivity contribution in [2.24, 2.45) is 0 Å². The molecular weight excluding hydrogens is 899 g/mol. The monoisotopic (exact) mass is 951 g/mol. The maximum Gasteiger partial charge on any atom is 0.344 e. The summed E-state index contributed by atoms with van der Waals surface area (Å²) in [6.07, 6.45) is 6.27. The van der Waals surface area contributed by atoms with Crippen molar-refractivity contribution in [3.8, 4) is 11.5 Å². The summed E-state index contributed by atoms with van der Waals surface area (Å²) in [5, 5.41) is -0.0677. The van der Waals surface area contributed by atoms with Crippen LogP contribution in [0.2, 0.25) is 5.02 Å². The number of amides is 4. The van der Waals surface area contributed by atoms with Gasteiger partial charge in [-0.25, -0.2) is 14.1 Å². The van der Waals surface area contributed by atoms with Crippen LogP contribution in [-0.2, 0) is 39.9 Å². The number of unbranched alkanes of at least 4 members (excludes halogenated alkanes) is 2. The van der Waals surface area contributed by atoms with E-state index in [2.05, 4.69) is 6.92 Å². The normalized spacial score (nSPS) is 15.4. The lowest BCUT2D eigenvalue weighted by atomic mass is 9.93. The molecule has 1 unspecified atom stereocenters. The predicted molar refractivity (Wildman–Crippen MR) is 245 cm³/mol. The van der Waals surface area contributed by atoms with Crippen LogP contribution in [0.4, 0.5) is 21.5 Å². The molecule has 0 bridgehead atoms. The molecule has 17 heteroatoms. The SMILES string of the molecule is CC1COc2ccccc2N1C(=O)C(Cl)Cl.CCCCCOC(=O)COc1cc(N2C(=O)C3=C(CCCC3)C2=O)c(F)cc1Cl.CCOCN(C(=O)CCl)c1c(C)cccc1CC. The molecule has 63 heavy (non-hydrogen) atoms.